The molecule has 2 heterocycles. The Labute approximate surface area is 146 Å². The molecule has 0 saturated heterocycles. The molecule has 4 nitrogen and oxygen atoms in total. The van der Waals surface area contributed by atoms with Crippen molar-refractivity contribution in [3.63, 3.8) is 0 Å². The Hall–Kier alpha value is -2.99. The van der Waals surface area contributed by atoms with Crippen molar-refractivity contribution in [2.75, 3.05) is 5.32 Å². The van der Waals surface area contributed by atoms with Crippen molar-refractivity contribution in [1.82, 2.24) is 4.98 Å². The lowest BCUT2D eigenvalue weighted by Crippen LogP contribution is -2.11. The van der Waals surface area contributed by atoms with Gasteiger partial charge in [0.2, 0.25) is 0 Å². The third-order valence-corrected chi connectivity index (χ3v) is 4.65. The molecule has 0 bridgehead atoms. The van der Waals surface area contributed by atoms with Crippen LogP contribution in [0.5, 0.6) is 0 Å². The number of rotatable bonds is 3. The van der Waals surface area contributed by atoms with Gasteiger partial charge in [0, 0.05) is 21.9 Å². The molecule has 0 aliphatic rings. The van der Waals surface area contributed by atoms with Gasteiger partial charge in [0.05, 0.1) is 5.69 Å². The number of amides is 1. The van der Waals surface area contributed by atoms with Gasteiger partial charge >= 0.3 is 0 Å². The number of hydrogen-bond acceptors (Lipinski definition) is 4. The van der Waals surface area contributed by atoms with E-state index in [0.29, 0.717) is 22.0 Å². The zero-order valence-corrected chi connectivity index (χ0v) is 14.1. The first-order valence-corrected chi connectivity index (χ1v) is 8.51. The standard InChI is InChI=1S/C19H13FN2O2S/c1-11-14-7-2-3-8-16(14)24-17(11)18(23)22-19-21-15(10-25-19)12-5-4-6-13(20)9-12/h2-10H,1H3,(H,21,22,23). The lowest BCUT2D eigenvalue weighted by Gasteiger charge is -2.00. The van der Waals surface area contributed by atoms with E-state index in [2.05, 4.69) is 10.3 Å². The summed E-state index contributed by atoms with van der Waals surface area (Å²) in [4.78, 5) is 16.9. The Morgan fingerprint density at radius 2 is 2.04 bits per heavy atom. The summed E-state index contributed by atoms with van der Waals surface area (Å²) in [5.74, 6) is -0.411. The van der Waals surface area contributed by atoms with Crippen LogP contribution in [0.1, 0.15) is 16.1 Å². The second-order valence-electron chi connectivity index (χ2n) is 5.55. The number of furan rings is 1. The Kier molecular flexibility index (Phi) is 3.82. The van der Waals surface area contributed by atoms with Gasteiger partial charge in [0.1, 0.15) is 11.4 Å². The first-order valence-electron chi connectivity index (χ1n) is 7.63. The Balaban J connectivity index is 1.60. The second kappa shape index (κ2) is 6.14. The van der Waals surface area contributed by atoms with Gasteiger partial charge in [-0.15, -0.1) is 11.3 Å². The number of carbonyl (C=O) groups is 1. The van der Waals surface area contributed by atoms with Crippen LogP contribution in [0.15, 0.2) is 58.3 Å². The van der Waals surface area contributed by atoms with Gasteiger partial charge in [-0.25, -0.2) is 9.37 Å². The predicted molar refractivity (Wildman–Crippen MR) is 96.4 cm³/mol. The van der Waals surface area contributed by atoms with E-state index in [1.165, 1.54) is 23.5 Å². The second-order valence-corrected chi connectivity index (χ2v) is 6.41. The smallest absolute Gasteiger partial charge is 0.293 e. The number of carbonyl (C=O) groups excluding carboxylic acids is 1. The number of aryl methyl sites for hydroxylation is 1. The minimum atomic E-state index is -0.353. The summed E-state index contributed by atoms with van der Waals surface area (Å²) < 4.78 is 19.0. The fourth-order valence-electron chi connectivity index (χ4n) is 2.66. The molecule has 6 heteroatoms. The van der Waals surface area contributed by atoms with Crippen LogP contribution < -0.4 is 5.32 Å². The Morgan fingerprint density at radius 3 is 2.84 bits per heavy atom. The molecule has 0 spiro atoms. The highest BCUT2D eigenvalue weighted by atomic mass is 32.1. The van der Waals surface area contributed by atoms with Gasteiger partial charge in [-0.1, -0.05) is 30.3 Å². The van der Waals surface area contributed by atoms with E-state index in [1.54, 1.807) is 17.5 Å². The van der Waals surface area contributed by atoms with E-state index < -0.39 is 0 Å². The molecule has 0 saturated carbocycles. The maximum Gasteiger partial charge on any atom is 0.293 e. The predicted octanol–water partition coefficient (Wildman–Crippen LogP) is 5.26. The molecule has 2 aromatic carbocycles. The molecule has 1 amide bonds. The van der Waals surface area contributed by atoms with Crippen molar-refractivity contribution in [3.05, 3.63) is 71.1 Å². The number of fused-ring (bicyclic) bond motifs is 1. The van der Waals surface area contributed by atoms with Crippen LogP contribution in [-0.2, 0) is 0 Å². The van der Waals surface area contributed by atoms with Crippen LogP contribution in [0.25, 0.3) is 22.2 Å². The van der Waals surface area contributed by atoms with E-state index in [0.717, 1.165) is 10.9 Å². The van der Waals surface area contributed by atoms with Crippen molar-refractivity contribution in [3.8, 4) is 11.3 Å². The molecule has 0 aliphatic carbocycles. The van der Waals surface area contributed by atoms with Crippen molar-refractivity contribution in [1.29, 1.82) is 0 Å². The van der Waals surface area contributed by atoms with Gasteiger partial charge < -0.3 is 4.42 Å². The number of halogens is 1. The minimum absolute atomic E-state index is 0.267. The number of anilines is 1. The average molecular weight is 352 g/mol. The van der Waals surface area contributed by atoms with Gasteiger partial charge in [0.15, 0.2) is 10.9 Å². The maximum atomic E-state index is 13.3. The van der Waals surface area contributed by atoms with Gasteiger partial charge in [0.25, 0.3) is 5.91 Å². The highest BCUT2D eigenvalue weighted by Crippen LogP contribution is 2.28. The average Bonchev–Trinajstić information content (AvgIpc) is 3.20. The molecule has 25 heavy (non-hydrogen) atoms. The SMILES string of the molecule is Cc1c(C(=O)Nc2nc(-c3cccc(F)c3)cs2)oc2ccccc12. The van der Waals surface area contributed by atoms with Crippen LogP contribution >= 0.6 is 11.3 Å². The lowest BCUT2D eigenvalue weighted by molar-refractivity contribution is 0.0998. The summed E-state index contributed by atoms with van der Waals surface area (Å²) in [7, 11) is 0. The third-order valence-electron chi connectivity index (χ3n) is 3.89. The molecule has 0 aliphatic heterocycles. The molecular weight excluding hydrogens is 339 g/mol. The summed E-state index contributed by atoms with van der Waals surface area (Å²) in [5, 5.41) is 5.86. The zero-order chi connectivity index (χ0) is 17.4. The first-order chi connectivity index (χ1) is 12.1. The minimum Gasteiger partial charge on any atom is -0.451 e. The molecule has 4 rings (SSSR count). The molecule has 1 N–H and O–H groups in total. The summed E-state index contributed by atoms with van der Waals surface area (Å²) in [6, 6.07) is 13.7. The molecule has 4 aromatic rings. The largest absolute Gasteiger partial charge is 0.451 e. The molecule has 2 aromatic heterocycles. The maximum absolute atomic E-state index is 13.3. The highest BCUT2D eigenvalue weighted by Gasteiger charge is 2.18. The first kappa shape index (κ1) is 15.5. The van der Waals surface area contributed by atoms with E-state index in [4.69, 9.17) is 4.42 Å². The molecule has 0 radical (unpaired) electrons. The van der Waals surface area contributed by atoms with E-state index in [-0.39, 0.29) is 17.5 Å². The monoisotopic (exact) mass is 352 g/mol. The molecule has 0 fully saturated rings. The summed E-state index contributed by atoms with van der Waals surface area (Å²) in [6.45, 7) is 1.85. The fourth-order valence-corrected chi connectivity index (χ4v) is 3.37. The molecular formula is C19H13FN2O2S. The van der Waals surface area contributed by atoms with Crippen LogP contribution in [0.4, 0.5) is 9.52 Å². The van der Waals surface area contributed by atoms with E-state index in [1.807, 2.05) is 31.2 Å². The number of thiazole rings is 1. The summed E-state index contributed by atoms with van der Waals surface area (Å²) in [6.07, 6.45) is 0. The lowest BCUT2D eigenvalue weighted by atomic mass is 10.1. The number of benzene rings is 2. The molecule has 124 valence electrons. The van der Waals surface area contributed by atoms with E-state index in [9.17, 15) is 9.18 Å². The number of nitrogens with zero attached hydrogens (tertiary/aromatic N) is 1. The highest BCUT2D eigenvalue weighted by molar-refractivity contribution is 7.14. The van der Waals surface area contributed by atoms with Crippen molar-refractivity contribution in [2.45, 2.75) is 6.92 Å². The quantitative estimate of drug-likeness (QED) is 0.547. The number of para-hydroxylation sites is 1. The Bertz CT molecular complexity index is 1080. The van der Waals surface area contributed by atoms with Crippen LogP contribution in [0, 0.1) is 12.7 Å². The topological polar surface area (TPSA) is 55.1 Å². The van der Waals surface area contributed by atoms with Gasteiger partial charge in [-0.2, -0.15) is 0 Å². The summed E-state index contributed by atoms with van der Waals surface area (Å²) >= 11 is 1.28. The summed E-state index contributed by atoms with van der Waals surface area (Å²) in [5.41, 5.74) is 2.73. The van der Waals surface area contributed by atoms with Crippen molar-refractivity contribution >= 4 is 33.3 Å². The van der Waals surface area contributed by atoms with Gasteiger partial charge in [-0.3, -0.25) is 10.1 Å². The number of nitrogens with one attached hydrogen (secondary N) is 1. The number of hydrogen-bond donors (Lipinski definition) is 1. The number of aromatic nitrogens is 1. The van der Waals surface area contributed by atoms with Crippen LogP contribution in [0.3, 0.4) is 0 Å². The zero-order valence-electron chi connectivity index (χ0n) is 13.2. The van der Waals surface area contributed by atoms with Crippen LogP contribution in [-0.4, -0.2) is 10.9 Å². The molecule has 0 atom stereocenters. The normalized spacial score (nSPS) is 11.0. The molecule has 0 unspecified atom stereocenters. The Morgan fingerprint density at radius 1 is 1.20 bits per heavy atom. The van der Waals surface area contributed by atoms with E-state index >= 15 is 0 Å². The van der Waals surface area contributed by atoms with Crippen molar-refractivity contribution in [2.24, 2.45) is 0 Å². The van der Waals surface area contributed by atoms with Crippen molar-refractivity contribution < 1.29 is 13.6 Å². The third kappa shape index (κ3) is 2.92. The van der Waals surface area contributed by atoms with Crippen LogP contribution in [0.2, 0.25) is 0 Å². The van der Waals surface area contributed by atoms with Gasteiger partial charge in [-0.05, 0) is 25.1 Å². The fraction of sp³-hybridized carbons (Fsp3) is 0.0526.